The third kappa shape index (κ3) is 7.68. The number of unbranched alkanes of at least 4 members (excludes halogenated alkanes) is 2. The van der Waals surface area contributed by atoms with Crippen molar-refractivity contribution >= 4 is 56.9 Å². The Kier molecular flexibility index (Phi) is 12.8. The van der Waals surface area contributed by atoms with E-state index in [1.165, 1.54) is 0 Å². The quantitative estimate of drug-likeness (QED) is 0.0895. The molecule has 2 aromatic rings. The van der Waals surface area contributed by atoms with E-state index in [0.717, 1.165) is 5.56 Å². The van der Waals surface area contributed by atoms with Crippen LogP contribution in [0.4, 0.5) is 5.69 Å². The fraction of sp³-hybridized carbons (Fsp3) is 0.487. The van der Waals surface area contributed by atoms with E-state index in [4.69, 9.17) is 21.1 Å². The SMILES string of the molecule is C=CCCC(=O)N[C@@H](C)[C@H](OC(=O)[C@H]1[C@@H]2O[C@@]3(CC2Br)[C@@H]1C(=O)N(CCCCCO)[C@@H]3C(=O)N(CC=C)c1c(C)cccc1Cl)c1ccccc1. The first-order valence-corrected chi connectivity index (χ1v) is 18.9. The van der Waals surface area contributed by atoms with Crippen molar-refractivity contribution in [3.8, 4) is 0 Å². The number of rotatable bonds is 17. The van der Waals surface area contributed by atoms with Gasteiger partial charge in [0.1, 0.15) is 17.7 Å². The minimum absolute atomic E-state index is 0.0153. The Morgan fingerprint density at radius 1 is 1.16 bits per heavy atom. The fourth-order valence-corrected chi connectivity index (χ4v) is 9.23. The van der Waals surface area contributed by atoms with E-state index in [2.05, 4.69) is 34.4 Å². The van der Waals surface area contributed by atoms with Crippen molar-refractivity contribution in [2.45, 2.75) is 87.1 Å². The Labute approximate surface area is 313 Å². The number of aryl methyl sites for hydroxylation is 1. The number of fused-ring (bicyclic) bond motifs is 1. The predicted octanol–water partition coefficient (Wildman–Crippen LogP) is 5.83. The van der Waals surface area contributed by atoms with Gasteiger partial charge in [0.2, 0.25) is 11.8 Å². The number of esters is 1. The zero-order chi connectivity index (χ0) is 36.9. The standard InChI is InChI=1S/C39H47BrClN3O7/c1-5-7-19-29(46)42-25(4)33(26-16-10-8-11-17-26)50-38(49)30-31-36(47)44(21-12-9-13-22-45)35(39(31)23-27(40)34(30)51-39)37(48)43(20-6-2)32-24(3)15-14-18-28(32)41/h5-6,8,10-11,14-18,25,27,30-31,33-35,45H,1-2,7,9,12-13,19-23H2,3-4H3,(H,42,46)/t25-,27?,30+,31-,33-,34+,35+,39-/m0/s1. The molecule has 3 heterocycles. The summed E-state index contributed by atoms with van der Waals surface area (Å²) in [6, 6.07) is 12.9. The summed E-state index contributed by atoms with van der Waals surface area (Å²) < 4.78 is 13.0. The van der Waals surface area contributed by atoms with Crippen LogP contribution in [0.5, 0.6) is 0 Å². The van der Waals surface area contributed by atoms with E-state index in [0.29, 0.717) is 48.4 Å². The summed E-state index contributed by atoms with van der Waals surface area (Å²) in [5, 5.41) is 12.7. The number of amides is 3. The number of hydrogen-bond donors (Lipinski definition) is 2. The number of aliphatic hydroxyl groups is 1. The number of alkyl halides is 1. The van der Waals surface area contributed by atoms with Gasteiger partial charge in [-0.3, -0.25) is 19.2 Å². The molecule has 0 radical (unpaired) electrons. The maximum Gasteiger partial charge on any atom is 0.313 e. The molecule has 5 rings (SSSR count). The van der Waals surface area contributed by atoms with Crippen LogP contribution in [0.15, 0.2) is 73.8 Å². The molecule has 1 spiro atoms. The molecule has 0 aromatic heterocycles. The molecule has 3 fully saturated rings. The molecule has 0 saturated carbocycles. The number of halogens is 2. The van der Waals surface area contributed by atoms with Crippen LogP contribution in [0.3, 0.4) is 0 Å². The lowest BCUT2D eigenvalue weighted by Gasteiger charge is -2.37. The first-order valence-electron chi connectivity index (χ1n) is 17.6. The van der Waals surface area contributed by atoms with Crippen molar-refractivity contribution in [2.24, 2.45) is 11.8 Å². The summed E-state index contributed by atoms with van der Waals surface area (Å²) in [6.45, 7) is 11.6. The first kappa shape index (κ1) is 38.7. The Morgan fingerprint density at radius 3 is 2.57 bits per heavy atom. The normalized spacial score (nSPS) is 25.9. The molecule has 2 aromatic carbocycles. The molecule has 12 heteroatoms. The van der Waals surface area contributed by atoms with Crippen molar-refractivity contribution < 1.29 is 33.8 Å². The summed E-state index contributed by atoms with van der Waals surface area (Å²) in [7, 11) is 0. The molecule has 3 aliphatic rings. The molecule has 51 heavy (non-hydrogen) atoms. The Bertz CT molecular complexity index is 1600. The number of nitrogens with one attached hydrogen (secondary N) is 1. The van der Waals surface area contributed by atoms with E-state index in [9.17, 15) is 24.3 Å². The van der Waals surface area contributed by atoms with E-state index >= 15 is 0 Å². The highest BCUT2D eigenvalue weighted by Crippen LogP contribution is 2.60. The van der Waals surface area contributed by atoms with Crippen molar-refractivity contribution in [2.75, 3.05) is 24.6 Å². The molecule has 0 aliphatic carbocycles. The van der Waals surface area contributed by atoms with Crippen molar-refractivity contribution in [1.82, 2.24) is 10.2 Å². The first-order chi connectivity index (χ1) is 24.5. The molecule has 2 bridgehead atoms. The van der Waals surface area contributed by atoms with Gasteiger partial charge in [-0.05, 0) is 63.1 Å². The number of benzene rings is 2. The molecule has 8 atom stereocenters. The molecular formula is C39H47BrClN3O7. The smallest absolute Gasteiger partial charge is 0.313 e. The van der Waals surface area contributed by atoms with Gasteiger partial charge in [-0.1, -0.05) is 82.1 Å². The maximum absolute atomic E-state index is 15.0. The minimum Gasteiger partial charge on any atom is -0.455 e. The average Bonchev–Trinajstić information content (AvgIpc) is 3.70. The highest BCUT2D eigenvalue weighted by atomic mass is 79.9. The van der Waals surface area contributed by atoms with Crippen molar-refractivity contribution in [3.63, 3.8) is 0 Å². The number of nitrogens with zero attached hydrogens (tertiary/aromatic N) is 2. The van der Waals surface area contributed by atoms with Gasteiger partial charge < -0.3 is 29.7 Å². The highest BCUT2D eigenvalue weighted by molar-refractivity contribution is 9.09. The number of aliphatic hydroxyl groups excluding tert-OH is 1. The van der Waals surface area contributed by atoms with Crippen molar-refractivity contribution in [1.29, 1.82) is 0 Å². The topological polar surface area (TPSA) is 125 Å². The predicted molar refractivity (Wildman–Crippen MR) is 199 cm³/mol. The number of para-hydroxylation sites is 1. The van der Waals surface area contributed by atoms with Crippen LogP contribution in [0.25, 0.3) is 0 Å². The zero-order valence-corrected chi connectivity index (χ0v) is 31.5. The van der Waals surface area contributed by atoms with Crippen LogP contribution >= 0.6 is 27.5 Å². The Hall–Kier alpha value is -3.51. The second-order valence-corrected chi connectivity index (χ2v) is 15.2. The number of carbonyl (C=O) groups excluding carboxylic acids is 4. The van der Waals surface area contributed by atoms with Crippen LogP contribution in [0, 0.1) is 18.8 Å². The number of likely N-dealkylation sites (tertiary alicyclic amines) is 1. The molecule has 3 aliphatic heterocycles. The second kappa shape index (κ2) is 16.9. The molecular weight excluding hydrogens is 738 g/mol. The van der Waals surface area contributed by atoms with Crippen LogP contribution in [-0.2, 0) is 28.7 Å². The van der Waals surface area contributed by atoms with Crippen LogP contribution in [0.1, 0.15) is 62.7 Å². The van der Waals surface area contributed by atoms with Gasteiger partial charge in [0, 0.05) is 30.9 Å². The number of allylic oxidation sites excluding steroid dienone is 1. The second-order valence-electron chi connectivity index (χ2n) is 13.6. The lowest BCUT2D eigenvalue weighted by molar-refractivity contribution is -0.162. The van der Waals surface area contributed by atoms with Gasteiger partial charge in [-0.2, -0.15) is 0 Å². The summed E-state index contributed by atoms with van der Waals surface area (Å²) in [5.41, 5.74) is 0.655. The largest absolute Gasteiger partial charge is 0.455 e. The number of anilines is 1. The fourth-order valence-electron chi connectivity index (χ4n) is 7.96. The molecule has 2 N–H and O–H groups in total. The van der Waals surface area contributed by atoms with Crippen LogP contribution in [0.2, 0.25) is 5.02 Å². The van der Waals surface area contributed by atoms with Crippen molar-refractivity contribution in [3.05, 3.63) is 90.0 Å². The molecule has 3 amide bonds. The van der Waals surface area contributed by atoms with Crippen LogP contribution < -0.4 is 10.2 Å². The van der Waals surface area contributed by atoms with E-state index in [1.807, 2.05) is 49.4 Å². The van der Waals surface area contributed by atoms with E-state index in [1.54, 1.807) is 34.9 Å². The van der Waals surface area contributed by atoms with Gasteiger partial charge in [0.05, 0.1) is 34.7 Å². The van der Waals surface area contributed by atoms with Gasteiger partial charge >= 0.3 is 5.97 Å². The van der Waals surface area contributed by atoms with E-state index < -0.39 is 47.7 Å². The lowest BCUT2D eigenvalue weighted by atomic mass is 9.70. The summed E-state index contributed by atoms with van der Waals surface area (Å²) >= 11 is 10.4. The minimum atomic E-state index is -1.32. The van der Waals surface area contributed by atoms with E-state index in [-0.39, 0.29) is 48.7 Å². The summed E-state index contributed by atoms with van der Waals surface area (Å²) in [6.07, 6.45) is 4.49. The zero-order valence-electron chi connectivity index (χ0n) is 29.1. The van der Waals surface area contributed by atoms with Crippen LogP contribution in [-0.4, -0.2) is 82.0 Å². The number of ether oxygens (including phenoxy) is 2. The monoisotopic (exact) mass is 783 g/mol. The molecule has 274 valence electrons. The van der Waals surface area contributed by atoms with Gasteiger partial charge in [-0.25, -0.2) is 0 Å². The maximum atomic E-state index is 15.0. The third-order valence-corrected chi connectivity index (χ3v) is 11.3. The molecule has 1 unspecified atom stereocenters. The average molecular weight is 785 g/mol. The molecule has 3 saturated heterocycles. The van der Waals surface area contributed by atoms with Gasteiger partial charge in [-0.15, -0.1) is 13.2 Å². The lowest BCUT2D eigenvalue weighted by Crippen LogP contribution is -2.57. The highest BCUT2D eigenvalue weighted by Gasteiger charge is 2.77. The Morgan fingerprint density at radius 2 is 1.90 bits per heavy atom. The van der Waals surface area contributed by atoms with Gasteiger partial charge in [0.25, 0.3) is 5.91 Å². The molecule has 10 nitrogen and oxygen atoms in total. The number of hydrogen-bond acceptors (Lipinski definition) is 7. The third-order valence-electron chi connectivity index (χ3n) is 10.2. The number of carbonyl (C=O) groups is 4. The summed E-state index contributed by atoms with van der Waals surface area (Å²) in [5.74, 6) is -3.57. The van der Waals surface area contributed by atoms with Gasteiger partial charge in [0.15, 0.2) is 0 Å². The summed E-state index contributed by atoms with van der Waals surface area (Å²) in [4.78, 5) is 59.5. The Balaban J connectivity index is 1.52.